The minimum Gasteiger partial charge on any atom is -0.381 e. The first-order valence-electron chi connectivity index (χ1n) is 10.8. The summed E-state index contributed by atoms with van der Waals surface area (Å²) in [4.78, 5) is 31.9. The first-order chi connectivity index (χ1) is 15.5. The number of hydrogen-bond donors (Lipinski definition) is 1. The van der Waals surface area contributed by atoms with E-state index in [-0.39, 0.29) is 17.8 Å². The summed E-state index contributed by atoms with van der Waals surface area (Å²) in [5.74, 6) is 0.824. The molecule has 0 radical (unpaired) electrons. The van der Waals surface area contributed by atoms with Crippen LogP contribution in [0.15, 0.2) is 59.7 Å². The Hall–Kier alpha value is -3.45. The Morgan fingerprint density at radius 1 is 1.16 bits per heavy atom. The van der Waals surface area contributed by atoms with Crippen LogP contribution in [0.5, 0.6) is 0 Å². The lowest BCUT2D eigenvalue weighted by atomic mass is 10.0. The maximum absolute atomic E-state index is 13.0. The van der Waals surface area contributed by atoms with Crippen LogP contribution in [0, 0.1) is 6.92 Å². The molecule has 0 bridgehead atoms. The molecule has 1 aliphatic rings. The van der Waals surface area contributed by atoms with Crippen molar-refractivity contribution in [1.82, 2.24) is 9.55 Å². The van der Waals surface area contributed by atoms with Gasteiger partial charge >= 0.3 is 0 Å². The predicted octanol–water partition coefficient (Wildman–Crippen LogP) is 2.96. The van der Waals surface area contributed by atoms with Gasteiger partial charge in [-0.15, -0.1) is 0 Å². The van der Waals surface area contributed by atoms with E-state index in [0.29, 0.717) is 30.9 Å². The van der Waals surface area contributed by atoms with Gasteiger partial charge in [-0.3, -0.25) is 9.59 Å². The van der Waals surface area contributed by atoms with Gasteiger partial charge in [-0.2, -0.15) is 0 Å². The highest BCUT2D eigenvalue weighted by Crippen LogP contribution is 2.24. The van der Waals surface area contributed by atoms with E-state index >= 15 is 0 Å². The standard InChI is InChI=1S/C25H28N4O3/c1-18-12-21(17-28(2)25(18)31)23(30)13-20-16-27-24(29-8-10-32-11-9-29)14-22(20)26-15-19-6-4-3-5-7-19/h3-7,12,14,16-17H,8-11,13,15H2,1-2H3,(H,26,27). The molecule has 0 atom stereocenters. The fourth-order valence-electron chi connectivity index (χ4n) is 3.84. The molecule has 0 unspecified atom stereocenters. The summed E-state index contributed by atoms with van der Waals surface area (Å²) in [6, 6.07) is 13.8. The van der Waals surface area contributed by atoms with Crippen molar-refractivity contribution < 1.29 is 9.53 Å². The molecule has 3 heterocycles. The third-order valence-electron chi connectivity index (χ3n) is 5.67. The van der Waals surface area contributed by atoms with Gasteiger partial charge in [0.15, 0.2) is 5.78 Å². The largest absolute Gasteiger partial charge is 0.381 e. The van der Waals surface area contributed by atoms with E-state index in [9.17, 15) is 9.59 Å². The summed E-state index contributed by atoms with van der Waals surface area (Å²) in [6.07, 6.45) is 3.58. The number of anilines is 2. The molecule has 0 saturated carbocycles. The molecule has 2 aromatic heterocycles. The third kappa shape index (κ3) is 5.06. The second-order valence-corrected chi connectivity index (χ2v) is 8.07. The number of carbonyl (C=O) groups excluding carboxylic acids is 1. The summed E-state index contributed by atoms with van der Waals surface area (Å²) in [5, 5.41) is 3.49. The SMILES string of the molecule is Cc1cc(C(=O)Cc2cnc(N3CCOCC3)cc2NCc2ccccc2)cn(C)c1=O. The first kappa shape index (κ1) is 21.8. The minimum atomic E-state index is -0.0942. The zero-order valence-corrected chi connectivity index (χ0v) is 18.5. The maximum atomic E-state index is 13.0. The minimum absolute atomic E-state index is 0.0487. The van der Waals surface area contributed by atoms with Crippen LogP contribution in [-0.4, -0.2) is 41.6 Å². The number of ether oxygens (including phenoxy) is 1. The zero-order valence-electron chi connectivity index (χ0n) is 18.5. The lowest BCUT2D eigenvalue weighted by Gasteiger charge is -2.28. The van der Waals surface area contributed by atoms with Crippen molar-refractivity contribution in [3.63, 3.8) is 0 Å². The molecule has 0 aliphatic carbocycles. The molecule has 1 saturated heterocycles. The Balaban J connectivity index is 1.60. The van der Waals surface area contributed by atoms with E-state index in [1.54, 1.807) is 32.4 Å². The summed E-state index contributed by atoms with van der Waals surface area (Å²) >= 11 is 0. The van der Waals surface area contributed by atoms with E-state index in [1.165, 1.54) is 4.57 Å². The second kappa shape index (κ2) is 9.78. The molecule has 1 N–H and O–H groups in total. The van der Waals surface area contributed by atoms with E-state index in [2.05, 4.69) is 27.3 Å². The number of Topliss-reactive ketones (excluding diaryl/α,β-unsaturated/α-hetero) is 1. The van der Waals surface area contributed by atoms with Crippen molar-refractivity contribution in [3.05, 3.63) is 87.5 Å². The molecule has 1 aliphatic heterocycles. The van der Waals surface area contributed by atoms with Crippen LogP contribution in [-0.2, 0) is 24.8 Å². The monoisotopic (exact) mass is 432 g/mol. The van der Waals surface area contributed by atoms with Gasteiger partial charge in [0.25, 0.3) is 5.56 Å². The molecular weight excluding hydrogens is 404 g/mol. The van der Waals surface area contributed by atoms with Crippen molar-refractivity contribution in [3.8, 4) is 0 Å². The summed E-state index contributed by atoms with van der Waals surface area (Å²) in [5.41, 5.74) is 3.86. The second-order valence-electron chi connectivity index (χ2n) is 8.07. The van der Waals surface area contributed by atoms with Crippen molar-refractivity contribution >= 4 is 17.3 Å². The Bertz CT molecular complexity index is 1130. The van der Waals surface area contributed by atoms with Crippen molar-refractivity contribution in [2.24, 2.45) is 7.05 Å². The molecule has 166 valence electrons. The van der Waals surface area contributed by atoms with Crippen LogP contribution in [0.1, 0.15) is 27.0 Å². The highest BCUT2D eigenvalue weighted by Gasteiger charge is 2.17. The summed E-state index contributed by atoms with van der Waals surface area (Å²) in [7, 11) is 1.66. The van der Waals surface area contributed by atoms with Gasteiger partial charge in [0, 0.05) is 73.9 Å². The molecule has 1 aromatic carbocycles. The highest BCUT2D eigenvalue weighted by molar-refractivity contribution is 5.98. The van der Waals surface area contributed by atoms with Gasteiger partial charge in [0.2, 0.25) is 0 Å². The molecule has 0 amide bonds. The number of morpholine rings is 1. The molecule has 4 rings (SSSR count). The Morgan fingerprint density at radius 3 is 2.62 bits per heavy atom. The first-order valence-corrected chi connectivity index (χ1v) is 10.8. The molecule has 7 nitrogen and oxygen atoms in total. The van der Waals surface area contributed by atoms with E-state index in [0.717, 1.165) is 35.7 Å². The summed E-state index contributed by atoms with van der Waals surface area (Å²) < 4.78 is 6.91. The lowest BCUT2D eigenvalue weighted by molar-refractivity contribution is 0.0992. The number of aromatic nitrogens is 2. The Labute approximate surface area is 187 Å². The van der Waals surface area contributed by atoms with E-state index in [4.69, 9.17) is 4.74 Å². The molecule has 7 heteroatoms. The predicted molar refractivity (Wildman–Crippen MR) is 125 cm³/mol. The number of benzene rings is 1. The average Bonchev–Trinajstić information content (AvgIpc) is 2.82. The van der Waals surface area contributed by atoms with Gasteiger partial charge in [0.1, 0.15) is 5.82 Å². The lowest BCUT2D eigenvalue weighted by Crippen LogP contribution is -2.36. The number of aryl methyl sites for hydroxylation is 2. The van der Waals surface area contributed by atoms with Gasteiger partial charge < -0.3 is 19.5 Å². The molecule has 0 spiro atoms. The van der Waals surface area contributed by atoms with Crippen LogP contribution >= 0.6 is 0 Å². The molecule has 3 aromatic rings. The fourth-order valence-corrected chi connectivity index (χ4v) is 3.84. The molecular formula is C25H28N4O3. The van der Waals surface area contributed by atoms with Crippen LogP contribution in [0.4, 0.5) is 11.5 Å². The number of nitrogens with zero attached hydrogens (tertiary/aromatic N) is 3. The highest BCUT2D eigenvalue weighted by atomic mass is 16.5. The maximum Gasteiger partial charge on any atom is 0.253 e. The van der Waals surface area contributed by atoms with Gasteiger partial charge in [-0.25, -0.2) is 4.98 Å². The van der Waals surface area contributed by atoms with E-state index < -0.39 is 0 Å². The van der Waals surface area contributed by atoms with Crippen molar-refractivity contribution in [2.75, 3.05) is 36.5 Å². The smallest absolute Gasteiger partial charge is 0.253 e. The summed E-state index contributed by atoms with van der Waals surface area (Å²) in [6.45, 7) is 5.32. The van der Waals surface area contributed by atoms with Crippen LogP contribution in [0.2, 0.25) is 0 Å². The van der Waals surface area contributed by atoms with Gasteiger partial charge in [-0.1, -0.05) is 30.3 Å². The molecule has 32 heavy (non-hydrogen) atoms. The average molecular weight is 433 g/mol. The number of nitrogens with one attached hydrogen (secondary N) is 1. The number of hydrogen-bond acceptors (Lipinski definition) is 6. The topological polar surface area (TPSA) is 76.5 Å². The van der Waals surface area contributed by atoms with Crippen molar-refractivity contribution in [1.29, 1.82) is 0 Å². The Morgan fingerprint density at radius 2 is 1.91 bits per heavy atom. The molecule has 1 fully saturated rings. The number of rotatable bonds is 7. The number of carbonyl (C=O) groups is 1. The normalized spacial score (nSPS) is 13.8. The van der Waals surface area contributed by atoms with Crippen LogP contribution < -0.4 is 15.8 Å². The van der Waals surface area contributed by atoms with Gasteiger partial charge in [0.05, 0.1) is 13.2 Å². The number of ketones is 1. The van der Waals surface area contributed by atoms with E-state index in [1.807, 2.05) is 24.3 Å². The zero-order chi connectivity index (χ0) is 22.5. The van der Waals surface area contributed by atoms with Crippen LogP contribution in [0.3, 0.4) is 0 Å². The quantitative estimate of drug-likeness (QED) is 0.579. The Kier molecular flexibility index (Phi) is 6.66. The third-order valence-corrected chi connectivity index (χ3v) is 5.67. The van der Waals surface area contributed by atoms with Crippen LogP contribution in [0.25, 0.3) is 0 Å². The number of pyridine rings is 2. The fraction of sp³-hybridized carbons (Fsp3) is 0.320. The van der Waals surface area contributed by atoms with Gasteiger partial charge in [-0.05, 0) is 18.6 Å². The van der Waals surface area contributed by atoms with Crippen molar-refractivity contribution in [2.45, 2.75) is 19.9 Å².